The van der Waals surface area contributed by atoms with Gasteiger partial charge in [0, 0.05) is 5.69 Å². The monoisotopic (exact) mass is 218 g/mol. The predicted molar refractivity (Wildman–Crippen MR) is 69.4 cm³/mol. The number of rotatable bonds is 3. The zero-order valence-electron chi connectivity index (χ0n) is 10.2. The van der Waals surface area contributed by atoms with Gasteiger partial charge >= 0.3 is 0 Å². The number of piperidine rings is 1. The first-order valence-electron chi connectivity index (χ1n) is 6.27. The highest BCUT2D eigenvalue weighted by atomic mass is 15.1. The lowest BCUT2D eigenvalue weighted by atomic mass is 9.91. The molecule has 88 valence electrons. The van der Waals surface area contributed by atoms with Crippen LogP contribution in [0.5, 0.6) is 0 Å². The molecule has 0 aliphatic carbocycles. The first-order chi connectivity index (χ1) is 7.74. The Kier molecular flexibility index (Phi) is 3.83. The predicted octanol–water partition coefficient (Wildman–Crippen LogP) is 2.54. The molecule has 0 radical (unpaired) electrons. The molecule has 1 heterocycles. The maximum atomic E-state index is 5.68. The number of likely N-dealkylation sites (tertiary alicyclic amines) is 1. The summed E-state index contributed by atoms with van der Waals surface area (Å²) in [5.41, 5.74) is 7.96. The molecule has 0 bridgehead atoms. The molecule has 0 unspecified atom stereocenters. The van der Waals surface area contributed by atoms with E-state index in [1.807, 2.05) is 12.1 Å². The molecule has 1 aliphatic rings. The van der Waals surface area contributed by atoms with Crippen molar-refractivity contribution in [2.75, 3.05) is 25.9 Å². The topological polar surface area (TPSA) is 29.3 Å². The Hall–Kier alpha value is -1.02. The lowest BCUT2D eigenvalue weighted by Crippen LogP contribution is -2.30. The summed E-state index contributed by atoms with van der Waals surface area (Å²) in [7, 11) is 2.22. The van der Waals surface area contributed by atoms with E-state index in [1.165, 1.54) is 44.3 Å². The average Bonchev–Trinajstić information content (AvgIpc) is 2.30. The van der Waals surface area contributed by atoms with Gasteiger partial charge in [0.05, 0.1) is 0 Å². The van der Waals surface area contributed by atoms with Gasteiger partial charge < -0.3 is 10.6 Å². The zero-order chi connectivity index (χ0) is 11.4. The van der Waals surface area contributed by atoms with Crippen LogP contribution in [-0.2, 0) is 6.42 Å². The fraction of sp³-hybridized carbons (Fsp3) is 0.571. The first-order valence-corrected chi connectivity index (χ1v) is 6.27. The second kappa shape index (κ2) is 5.35. The molecule has 1 aromatic rings. The van der Waals surface area contributed by atoms with Crippen LogP contribution in [0.15, 0.2) is 24.3 Å². The average molecular weight is 218 g/mol. The number of hydrogen-bond acceptors (Lipinski definition) is 2. The van der Waals surface area contributed by atoms with E-state index in [9.17, 15) is 0 Å². The van der Waals surface area contributed by atoms with E-state index in [1.54, 1.807) is 0 Å². The molecular formula is C14H22N2. The second-order valence-electron chi connectivity index (χ2n) is 5.03. The van der Waals surface area contributed by atoms with Crippen LogP contribution in [0.4, 0.5) is 5.69 Å². The van der Waals surface area contributed by atoms with Crippen molar-refractivity contribution in [2.24, 2.45) is 5.92 Å². The van der Waals surface area contributed by atoms with Crippen molar-refractivity contribution in [1.29, 1.82) is 0 Å². The molecule has 2 rings (SSSR count). The van der Waals surface area contributed by atoms with Crippen LogP contribution in [0.1, 0.15) is 24.8 Å². The number of benzene rings is 1. The smallest absolute Gasteiger partial charge is 0.0314 e. The molecule has 0 atom stereocenters. The van der Waals surface area contributed by atoms with Crippen LogP contribution in [0.25, 0.3) is 0 Å². The third kappa shape index (κ3) is 3.24. The van der Waals surface area contributed by atoms with Crippen molar-refractivity contribution in [3.63, 3.8) is 0 Å². The minimum Gasteiger partial charge on any atom is -0.399 e. The maximum Gasteiger partial charge on any atom is 0.0314 e. The van der Waals surface area contributed by atoms with Gasteiger partial charge in [0.15, 0.2) is 0 Å². The first kappa shape index (κ1) is 11.5. The summed E-state index contributed by atoms with van der Waals surface area (Å²) in [6.45, 7) is 2.54. The van der Waals surface area contributed by atoms with Gasteiger partial charge in [-0.15, -0.1) is 0 Å². The maximum absolute atomic E-state index is 5.68. The fourth-order valence-electron chi connectivity index (χ4n) is 2.41. The molecule has 0 saturated carbocycles. The minimum absolute atomic E-state index is 0.864. The highest BCUT2D eigenvalue weighted by Crippen LogP contribution is 2.21. The number of aryl methyl sites for hydroxylation is 1. The number of nitrogen functional groups attached to an aromatic ring is 1. The van der Waals surface area contributed by atoms with Gasteiger partial charge in [0.25, 0.3) is 0 Å². The number of nitrogens with zero attached hydrogens (tertiary/aromatic N) is 1. The Bertz CT molecular complexity index is 310. The van der Waals surface area contributed by atoms with Crippen LogP contribution in [-0.4, -0.2) is 25.0 Å². The normalized spacial score (nSPS) is 18.8. The third-order valence-electron chi connectivity index (χ3n) is 3.66. The molecule has 16 heavy (non-hydrogen) atoms. The van der Waals surface area contributed by atoms with Crippen molar-refractivity contribution in [2.45, 2.75) is 25.7 Å². The largest absolute Gasteiger partial charge is 0.399 e. The van der Waals surface area contributed by atoms with Crippen LogP contribution in [0.3, 0.4) is 0 Å². The molecule has 2 N–H and O–H groups in total. The minimum atomic E-state index is 0.864. The Morgan fingerprint density at radius 3 is 2.44 bits per heavy atom. The van der Waals surface area contributed by atoms with Crippen molar-refractivity contribution in [3.05, 3.63) is 29.8 Å². The van der Waals surface area contributed by atoms with Crippen LogP contribution in [0.2, 0.25) is 0 Å². The molecule has 0 spiro atoms. The summed E-state index contributed by atoms with van der Waals surface area (Å²) >= 11 is 0. The summed E-state index contributed by atoms with van der Waals surface area (Å²) in [6, 6.07) is 8.32. The number of anilines is 1. The van der Waals surface area contributed by atoms with Crippen LogP contribution in [0, 0.1) is 5.92 Å². The highest BCUT2D eigenvalue weighted by molar-refractivity contribution is 5.39. The molecule has 1 fully saturated rings. The second-order valence-corrected chi connectivity index (χ2v) is 5.03. The summed E-state index contributed by atoms with van der Waals surface area (Å²) in [6.07, 6.45) is 5.27. The molecule has 0 aromatic heterocycles. The molecule has 0 amide bonds. The Labute approximate surface area is 98.4 Å². The third-order valence-corrected chi connectivity index (χ3v) is 3.66. The lowest BCUT2D eigenvalue weighted by Gasteiger charge is -2.28. The van der Waals surface area contributed by atoms with Gasteiger partial charge in [-0.3, -0.25) is 0 Å². The molecular weight excluding hydrogens is 196 g/mol. The summed E-state index contributed by atoms with van der Waals surface area (Å²) in [4.78, 5) is 2.43. The van der Waals surface area contributed by atoms with Crippen LogP contribution >= 0.6 is 0 Å². The SMILES string of the molecule is CN1CCC(CCc2ccc(N)cc2)CC1. The highest BCUT2D eigenvalue weighted by Gasteiger charge is 2.15. The van der Waals surface area contributed by atoms with E-state index >= 15 is 0 Å². The molecule has 1 aliphatic heterocycles. The van der Waals surface area contributed by atoms with Gasteiger partial charge in [0.2, 0.25) is 0 Å². The summed E-state index contributed by atoms with van der Waals surface area (Å²) in [5, 5.41) is 0. The van der Waals surface area contributed by atoms with Crippen molar-refractivity contribution >= 4 is 5.69 Å². The van der Waals surface area contributed by atoms with Gasteiger partial charge in [-0.05, 0) is 69.4 Å². The number of hydrogen-bond donors (Lipinski definition) is 1. The summed E-state index contributed by atoms with van der Waals surface area (Å²) < 4.78 is 0. The van der Waals surface area contributed by atoms with Gasteiger partial charge in [0.1, 0.15) is 0 Å². The van der Waals surface area contributed by atoms with Crippen molar-refractivity contribution < 1.29 is 0 Å². The Morgan fingerprint density at radius 1 is 1.19 bits per heavy atom. The van der Waals surface area contributed by atoms with E-state index in [4.69, 9.17) is 5.73 Å². The molecule has 1 aromatic carbocycles. The van der Waals surface area contributed by atoms with E-state index in [0.717, 1.165) is 11.6 Å². The van der Waals surface area contributed by atoms with Crippen LogP contribution < -0.4 is 5.73 Å². The quantitative estimate of drug-likeness (QED) is 0.790. The standard InChI is InChI=1S/C14H22N2/c1-16-10-8-13(9-11-16)3-2-12-4-6-14(15)7-5-12/h4-7,13H,2-3,8-11,15H2,1H3. The Morgan fingerprint density at radius 2 is 1.81 bits per heavy atom. The van der Waals surface area contributed by atoms with Gasteiger partial charge in [-0.1, -0.05) is 12.1 Å². The fourth-order valence-corrected chi connectivity index (χ4v) is 2.41. The van der Waals surface area contributed by atoms with E-state index in [0.29, 0.717) is 0 Å². The number of nitrogens with two attached hydrogens (primary N) is 1. The molecule has 1 saturated heterocycles. The van der Waals surface area contributed by atoms with E-state index < -0.39 is 0 Å². The van der Waals surface area contributed by atoms with Crippen molar-refractivity contribution in [1.82, 2.24) is 4.90 Å². The zero-order valence-corrected chi connectivity index (χ0v) is 10.2. The molecule has 2 nitrogen and oxygen atoms in total. The summed E-state index contributed by atoms with van der Waals surface area (Å²) in [5.74, 6) is 0.925. The molecule has 2 heteroatoms. The Balaban J connectivity index is 1.77. The van der Waals surface area contributed by atoms with Gasteiger partial charge in [-0.2, -0.15) is 0 Å². The lowest BCUT2D eigenvalue weighted by molar-refractivity contribution is 0.212. The van der Waals surface area contributed by atoms with E-state index in [-0.39, 0.29) is 0 Å². The van der Waals surface area contributed by atoms with E-state index in [2.05, 4.69) is 24.1 Å². The van der Waals surface area contributed by atoms with Crippen molar-refractivity contribution in [3.8, 4) is 0 Å². The van der Waals surface area contributed by atoms with Gasteiger partial charge in [-0.25, -0.2) is 0 Å².